The van der Waals surface area contributed by atoms with Crippen molar-refractivity contribution in [3.63, 3.8) is 0 Å². The zero-order valence-corrected chi connectivity index (χ0v) is 21.7. The molecule has 4 aromatic rings. The molecular weight excluding hydrogens is 510 g/mol. The van der Waals surface area contributed by atoms with Crippen molar-refractivity contribution in [2.45, 2.75) is 12.6 Å². The number of methoxy groups -OCH3 is 1. The minimum atomic E-state index is -0.774. The van der Waals surface area contributed by atoms with E-state index in [-0.39, 0.29) is 46.1 Å². The van der Waals surface area contributed by atoms with E-state index in [4.69, 9.17) is 4.74 Å². The number of aromatic hydroxyl groups is 1. The van der Waals surface area contributed by atoms with Crippen LogP contribution in [0.5, 0.6) is 5.88 Å². The van der Waals surface area contributed by atoms with E-state index in [2.05, 4.69) is 15.2 Å². The number of aldehydes is 1. The van der Waals surface area contributed by atoms with Gasteiger partial charge in [-0.25, -0.2) is 0 Å². The number of amides is 1. The molecule has 0 radical (unpaired) electrons. The van der Waals surface area contributed by atoms with Gasteiger partial charge in [0.15, 0.2) is 12.0 Å². The zero-order valence-electron chi connectivity index (χ0n) is 21.7. The number of aromatic amines is 1. The number of hydrogen-bond donors (Lipinski definition) is 2. The summed E-state index contributed by atoms with van der Waals surface area (Å²) in [6.45, 7) is -0.169. The largest absolute Gasteiger partial charge is 0.494 e. The predicted molar refractivity (Wildman–Crippen MR) is 147 cm³/mol. The Kier molecular flexibility index (Phi) is 8.59. The van der Waals surface area contributed by atoms with Crippen LogP contribution in [-0.4, -0.2) is 41.3 Å². The Hall–Kier alpha value is -5.40. The molecule has 200 valence electrons. The van der Waals surface area contributed by atoms with Crippen LogP contribution in [0.1, 0.15) is 49.0 Å². The summed E-state index contributed by atoms with van der Waals surface area (Å²) in [5, 5.41) is 27.3. The van der Waals surface area contributed by atoms with Gasteiger partial charge in [0, 0.05) is 25.3 Å². The van der Waals surface area contributed by atoms with Crippen molar-refractivity contribution in [2.75, 3.05) is 14.2 Å². The highest BCUT2D eigenvalue weighted by atomic mass is 16.5. The number of ether oxygens (including phenoxy) is 1. The number of rotatable bonds is 9. The lowest BCUT2D eigenvalue weighted by atomic mass is 9.96. The minimum Gasteiger partial charge on any atom is -0.494 e. The van der Waals surface area contributed by atoms with Crippen molar-refractivity contribution in [1.29, 1.82) is 5.26 Å². The molecule has 0 aliphatic carbocycles. The van der Waals surface area contributed by atoms with E-state index in [0.717, 1.165) is 11.1 Å². The Morgan fingerprint density at radius 1 is 1.07 bits per heavy atom. The number of hydrogen-bond acceptors (Lipinski definition) is 8. The van der Waals surface area contributed by atoms with Gasteiger partial charge in [-0.2, -0.15) is 10.4 Å². The highest BCUT2D eigenvalue weighted by Crippen LogP contribution is 2.31. The first kappa shape index (κ1) is 27.6. The smallest absolute Gasteiger partial charge is 0.278 e. The number of carbonyl (C=O) groups excluding carboxylic acids is 2. The quantitative estimate of drug-likeness (QED) is 0.223. The maximum Gasteiger partial charge on any atom is 0.278 e. The number of nitrogens with one attached hydrogen (secondary N) is 1. The van der Waals surface area contributed by atoms with Crippen molar-refractivity contribution >= 4 is 23.6 Å². The van der Waals surface area contributed by atoms with Crippen molar-refractivity contribution in [1.82, 2.24) is 9.88 Å². The Morgan fingerprint density at radius 3 is 2.25 bits per heavy atom. The van der Waals surface area contributed by atoms with Gasteiger partial charge in [-0.15, -0.1) is 5.11 Å². The third-order valence-corrected chi connectivity index (χ3v) is 6.27. The highest BCUT2D eigenvalue weighted by molar-refractivity contribution is 6.02. The number of benzene rings is 3. The molecule has 0 saturated heterocycles. The SMILES string of the molecule is COCc1c(C#N)c(O)[nH]c(=O)c1N=Nc1ccc(C(=O)N(C)C(c2ccccc2)c2ccccc2)c(C=O)c1. The summed E-state index contributed by atoms with van der Waals surface area (Å²) in [7, 11) is 3.04. The van der Waals surface area contributed by atoms with E-state index in [1.807, 2.05) is 60.7 Å². The molecule has 40 heavy (non-hydrogen) atoms. The molecule has 3 aromatic carbocycles. The summed E-state index contributed by atoms with van der Waals surface area (Å²) >= 11 is 0. The van der Waals surface area contributed by atoms with Crippen LogP contribution in [0.2, 0.25) is 0 Å². The van der Waals surface area contributed by atoms with Gasteiger partial charge in [0.2, 0.25) is 5.88 Å². The van der Waals surface area contributed by atoms with Crippen LogP contribution < -0.4 is 5.56 Å². The highest BCUT2D eigenvalue weighted by Gasteiger charge is 2.26. The molecule has 1 amide bonds. The van der Waals surface area contributed by atoms with Crippen molar-refractivity contribution in [3.05, 3.63) is 123 Å². The van der Waals surface area contributed by atoms with E-state index < -0.39 is 17.5 Å². The monoisotopic (exact) mass is 535 g/mol. The van der Waals surface area contributed by atoms with Crippen LogP contribution in [0, 0.1) is 11.3 Å². The molecule has 0 aliphatic heterocycles. The van der Waals surface area contributed by atoms with E-state index in [1.165, 1.54) is 25.3 Å². The third kappa shape index (κ3) is 5.70. The standard InChI is InChI=1S/C30H25N5O5/c1-35(27(19-9-5-3-6-10-19)20-11-7-4-8-12-20)30(39)23-14-13-22(15-21(23)17-36)33-34-26-25(18-40-2)24(16-31)28(37)32-29(26)38/h3-15,17,27H,18H2,1-2H3,(H2,32,37,38). The van der Waals surface area contributed by atoms with Gasteiger partial charge in [0.1, 0.15) is 11.6 Å². The molecular formula is C30H25N5O5. The molecule has 4 rings (SSSR count). The normalized spacial score (nSPS) is 10.9. The Labute approximate surface area is 229 Å². The van der Waals surface area contributed by atoms with Gasteiger partial charge < -0.3 is 14.7 Å². The number of aromatic nitrogens is 1. The molecule has 0 spiro atoms. The van der Waals surface area contributed by atoms with E-state index in [1.54, 1.807) is 18.0 Å². The second kappa shape index (κ2) is 12.4. The maximum atomic E-state index is 13.7. The van der Waals surface area contributed by atoms with Crippen molar-refractivity contribution < 1.29 is 19.4 Å². The summed E-state index contributed by atoms with van der Waals surface area (Å²) in [5.41, 5.74) is 1.13. The van der Waals surface area contributed by atoms with Crippen LogP contribution >= 0.6 is 0 Å². The molecule has 10 heteroatoms. The average Bonchev–Trinajstić information content (AvgIpc) is 2.98. The van der Waals surface area contributed by atoms with Crippen LogP contribution in [-0.2, 0) is 11.3 Å². The Bertz CT molecular complexity index is 1620. The summed E-state index contributed by atoms with van der Waals surface area (Å²) in [5.74, 6) is -0.975. The molecule has 0 fully saturated rings. The number of nitriles is 1. The molecule has 1 aromatic heterocycles. The van der Waals surface area contributed by atoms with E-state index in [0.29, 0.717) is 6.29 Å². The van der Waals surface area contributed by atoms with Crippen molar-refractivity contribution in [3.8, 4) is 11.9 Å². The lowest BCUT2D eigenvalue weighted by molar-refractivity contribution is 0.0752. The summed E-state index contributed by atoms with van der Waals surface area (Å²) < 4.78 is 5.05. The number of carbonyl (C=O) groups is 2. The second-order valence-electron chi connectivity index (χ2n) is 8.78. The molecule has 0 bridgehead atoms. The fourth-order valence-corrected chi connectivity index (χ4v) is 4.37. The molecule has 2 N–H and O–H groups in total. The third-order valence-electron chi connectivity index (χ3n) is 6.27. The Balaban J connectivity index is 1.69. The van der Waals surface area contributed by atoms with Gasteiger partial charge >= 0.3 is 0 Å². The molecule has 1 heterocycles. The van der Waals surface area contributed by atoms with E-state index in [9.17, 15) is 24.8 Å². The Morgan fingerprint density at radius 2 is 1.70 bits per heavy atom. The minimum absolute atomic E-state index is 0.0619. The first-order chi connectivity index (χ1) is 19.4. The number of H-pyrrole nitrogens is 1. The number of nitrogens with zero attached hydrogens (tertiary/aromatic N) is 4. The predicted octanol–water partition coefficient (Wildman–Crippen LogP) is 5.19. The van der Waals surface area contributed by atoms with Crippen molar-refractivity contribution in [2.24, 2.45) is 10.2 Å². The van der Waals surface area contributed by atoms with Crippen LogP contribution in [0.25, 0.3) is 0 Å². The van der Waals surface area contributed by atoms with Gasteiger partial charge in [-0.1, -0.05) is 60.7 Å². The first-order valence-corrected chi connectivity index (χ1v) is 12.1. The first-order valence-electron chi connectivity index (χ1n) is 12.1. The molecule has 0 atom stereocenters. The summed E-state index contributed by atoms with van der Waals surface area (Å²) in [6, 6.07) is 24.9. The van der Waals surface area contributed by atoms with Crippen LogP contribution in [0.4, 0.5) is 11.4 Å². The fraction of sp³-hybridized carbons (Fsp3) is 0.133. The topological polar surface area (TPSA) is 148 Å². The van der Waals surface area contributed by atoms with E-state index >= 15 is 0 Å². The molecule has 0 unspecified atom stereocenters. The molecule has 10 nitrogen and oxygen atoms in total. The lowest BCUT2D eigenvalue weighted by Gasteiger charge is -2.29. The van der Waals surface area contributed by atoms with Crippen LogP contribution in [0.15, 0.2) is 93.9 Å². The zero-order chi connectivity index (χ0) is 28.6. The molecule has 0 aliphatic rings. The average molecular weight is 536 g/mol. The van der Waals surface area contributed by atoms with Gasteiger partial charge in [0.25, 0.3) is 11.5 Å². The number of pyridine rings is 1. The maximum absolute atomic E-state index is 13.7. The van der Waals surface area contributed by atoms with Gasteiger partial charge in [-0.3, -0.25) is 19.4 Å². The number of azo groups is 1. The lowest BCUT2D eigenvalue weighted by Crippen LogP contribution is -2.32. The van der Waals surface area contributed by atoms with Gasteiger partial charge in [-0.05, 0) is 29.3 Å². The second-order valence-corrected chi connectivity index (χ2v) is 8.78. The van der Waals surface area contributed by atoms with Crippen LogP contribution in [0.3, 0.4) is 0 Å². The fourth-order valence-electron chi connectivity index (χ4n) is 4.37. The summed E-state index contributed by atoms with van der Waals surface area (Å²) in [4.78, 5) is 41.8. The summed E-state index contributed by atoms with van der Waals surface area (Å²) in [6.07, 6.45) is 0.553. The molecule has 0 saturated carbocycles. The van der Waals surface area contributed by atoms with Gasteiger partial charge in [0.05, 0.1) is 23.9 Å².